The zero-order chi connectivity index (χ0) is 12.0. The van der Waals surface area contributed by atoms with Crippen molar-refractivity contribution in [3.63, 3.8) is 0 Å². The van der Waals surface area contributed by atoms with Crippen LogP contribution in [0.4, 0.5) is 0 Å². The number of benzene rings is 1. The molecule has 0 heterocycles. The fourth-order valence-electron chi connectivity index (χ4n) is 1.34. The summed E-state index contributed by atoms with van der Waals surface area (Å²) >= 11 is 1.72. The molecular formula is C12H17NO2S. The minimum Gasteiger partial charge on any atom is -0.508 e. The third-order valence-corrected chi connectivity index (χ3v) is 3.06. The number of hydrogen-bond donors (Lipinski definition) is 2. The summed E-state index contributed by atoms with van der Waals surface area (Å²) in [6.45, 7) is 2.05. The number of aromatic hydroxyl groups is 1. The molecule has 4 heteroatoms. The number of carbonyl (C=O) groups excluding carboxylic acids is 1. The second kappa shape index (κ2) is 6.43. The van der Waals surface area contributed by atoms with E-state index in [0.29, 0.717) is 5.56 Å². The van der Waals surface area contributed by atoms with E-state index in [9.17, 15) is 4.79 Å². The summed E-state index contributed by atoms with van der Waals surface area (Å²) < 4.78 is 0. The van der Waals surface area contributed by atoms with Crippen LogP contribution in [0, 0.1) is 0 Å². The number of thioether (sulfide) groups is 1. The highest BCUT2D eigenvalue weighted by atomic mass is 32.2. The lowest BCUT2D eigenvalue weighted by Gasteiger charge is -2.15. The smallest absolute Gasteiger partial charge is 0.251 e. The SMILES string of the molecule is CCC(CSC)NC(=O)c1ccc(O)cc1. The van der Waals surface area contributed by atoms with Crippen molar-refractivity contribution in [3.05, 3.63) is 29.8 Å². The van der Waals surface area contributed by atoms with Gasteiger partial charge in [0.1, 0.15) is 5.75 Å². The Balaban J connectivity index is 2.60. The van der Waals surface area contributed by atoms with Crippen LogP contribution in [0.3, 0.4) is 0 Å². The van der Waals surface area contributed by atoms with Gasteiger partial charge >= 0.3 is 0 Å². The Bertz CT molecular complexity index is 337. The summed E-state index contributed by atoms with van der Waals surface area (Å²) in [5.41, 5.74) is 0.581. The molecule has 0 aromatic heterocycles. The predicted octanol–water partition coefficient (Wildman–Crippen LogP) is 2.26. The van der Waals surface area contributed by atoms with Crippen LogP contribution >= 0.6 is 11.8 Å². The van der Waals surface area contributed by atoms with Crippen molar-refractivity contribution < 1.29 is 9.90 Å². The van der Waals surface area contributed by atoms with Crippen LogP contribution in [0.2, 0.25) is 0 Å². The van der Waals surface area contributed by atoms with E-state index in [0.717, 1.165) is 12.2 Å². The first kappa shape index (κ1) is 12.9. The van der Waals surface area contributed by atoms with E-state index in [4.69, 9.17) is 5.11 Å². The molecule has 0 aliphatic rings. The van der Waals surface area contributed by atoms with Crippen molar-refractivity contribution in [2.45, 2.75) is 19.4 Å². The molecule has 16 heavy (non-hydrogen) atoms. The van der Waals surface area contributed by atoms with Crippen molar-refractivity contribution in [3.8, 4) is 5.75 Å². The van der Waals surface area contributed by atoms with E-state index in [1.165, 1.54) is 12.1 Å². The average molecular weight is 239 g/mol. The summed E-state index contributed by atoms with van der Waals surface area (Å²) in [5.74, 6) is 1.01. The molecule has 0 saturated carbocycles. The number of hydrogen-bond acceptors (Lipinski definition) is 3. The Labute approximate surface area is 100 Å². The first-order valence-electron chi connectivity index (χ1n) is 5.26. The zero-order valence-electron chi connectivity index (χ0n) is 9.56. The lowest BCUT2D eigenvalue weighted by atomic mass is 10.2. The average Bonchev–Trinajstić information content (AvgIpc) is 2.29. The summed E-state index contributed by atoms with van der Waals surface area (Å²) in [4.78, 5) is 11.8. The summed E-state index contributed by atoms with van der Waals surface area (Å²) in [7, 11) is 0. The molecule has 1 atom stereocenters. The number of rotatable bonds is 5. The number of phenols is 1. The largest absolute Gasteiger partial charge is 0.508 e. The molecule has 0 fully saturated rings. The van der Waals surface area contributed by atoms with Crippen molar-refractivity contribution in [1.82, 2.24) is 5.32 Å². The highest BCUT2D eigenvalue weighted by Gasteiger charge is 2.11. The van der Waals surface area contributed by atoms with Crippen molar-refractivity contribution in [1.29, 1.82) is 0 Å². The quantitative estimate of drug-likeness (QED) is 0.828. The van der Waals surface area contributed by atoms with E-state index in [2.05, 4.69) is 12.2 Å². The van der Waals surface area contributed by atoms with E-state index in [1.807, 2.05) is 6.26 Å². The minimum atomic E-state index is -0.0825. The van der Waals surface area contributed by atoms with Gasteiger partial charge in [0, 0.05) is 17.4 Å². The Morgan fingerprint density at radius 3 is 2.56 bits per heavy atom. The Morgan fingerprint density at radius 1 is 1.44 bits per heavy atom. The lowest BCUT2D eigenvalue weighted by molar-refractivity contribution is 0.0940. The van der Waals surface area contributed by atoms with E-state index < -0.39 is 0 Å². The Kier molecular flexibility index (Phi) is 5.19. The Morgan fingerprint density at radius 2 is 2.06 bits per heavy atom. The molecule has 0 saturated heterocycles. The van der Waals surface area contributed by atoms with E-state index in [1.54, 1.807) is 23.9 Å². The molecule has 1 unspecified atom stereocenters. The second-order valence-electron chi connectivity index (χ2n) is 3.58. The number of nitrogens with one attached hydrogen (secondary N) is 1. The van der Waals surface area contributed by atoms with Crippen LogP contribution in [-0.4, -0.2) is 29.1 Å². The molecule has 0 spiro atoms. The molecule has 2 N–H and O–H groups in total. The first-order valence-corrected chi connectivity index (χ1v) is 6.65. The van der Waals surface area contributed by atoms with Gasteiger partial charge in [0.05, 0.1) is 0 Å². The van der Waals surface area contributed by atoms with Gasteiger partial charge in [-0.25, -0.2) is 0 Å². The maximum Gasteiger partial charge on any atom is 0.251 e. The molecule has 88 valence electrons. The molecule has 0 radical (unpaired) electrons. The zero-order valence-corrected chi connectivity index (χ0v) is 10.4. The summed E-state index contributed by atoms with van der Waals surface area (Å²) in [6, 6.07) is 6.48. The topological polar surface area (TPSA) is 49.3 Å². The third-order valence-electron chi connectivity index (χ3n) is 2.33. The molecule has 0 aliphatic carbocycles. The predicted molar refractivity (Wildman–Crippen MR) is 68.0 cm³/mol. The van der Waals surface area contributed by atoms with Gasteiger partial charge in [0.25, 0.3) is 5.91 Å². The van der Waals surface area contributed by atoms with E-state index >= 15 is 0 Å². The molecule has 0 aliphatic heterocycles. The monoisotopic (exact) mass is 239 g/mol. The summed E-state index contributed by atoms with van der Waals surface area (Å²) in [5, 5.41) is 12.1. The van der Waals surface area contributed by atoms with Gasteiger partial charge in [-0.3, -0.25) is 4.79 Å². The van der Waals surface area contributed by atoms with Crippen LogP contribution in [-0.2, 0) is 0 Å². The fraction of sp³-hybridized carbons (Fsp3) is 0.417. The molecule has 1 rings (SSSR count). The number of carbonyl (C=O) groups is 1. The minimum absolute atomic E-state index is 0.0825. The molecular weight excluding hydrogens is 222 g/mol. The Hall–Kier alpha value is -1.16. The van der Waals surface area contributed by atoms with Gasteiger partial charge in [0.15, 0.2) is 0 Å². The first-order chi connectivity index (χ1) is 7.67. The van der Waals surface area contributed by atoms with Crippen molar-refractivity contribution in [2.24, 2.45) is 0 Å². The number of phenolic OH excluding ortho intramolecular Hbond substituents is 1. The highest BCUT2D eigenvalue weighted by Crippen LogP contribution is 2.10. The van der Waals surface area contributed by atoms with Gasteiger partial charge < -0.3 is 10.4 Å². The van der Waals surface area contributed by atoms with Gasteiger partial charge in [-0.1, -0.05) is 6.92 Å². The van der Waals surface area contributed by atoms with Crippen LogP contribution < -0.4 is 5.32 Å². The van der Waals surface area contributed by atoms with Crippen molar-refractivity contribution >= 4 is 17.7 Å². The van der Waals surface area contributed by atoms with Crippen LogP contribution in [0.1, 0.15) is 23.7 Å². The van der Waals surface area contributed by atoms with Crippen LogP contribution in [0.5, 0.6) is 5.75 Å². The maximum absolute atomic E-state index is 11.8. The normalized spacial score (nSPS) is 12.1. The second-order valence-corrected chi connectivity index (χ2v) is 4.49. The molecule has 1 aromatic carbocycles. The van der Waals surface area contributed by atoms with Gasteiger partial charge in [-0.15, -0.1) is 0 Å². The molecule has 0 bridgehead atoms. The molecule has 1 amide bonds. The number of amides is 1. The van der Waals surface area contributed by atoms with Gasteiger partial charge in [-0.2, -0.15) is 11.8 Å². The molecule has 1 aromatic rings. The van der Waals surface area contributed by atoms with Crippen LogP contribution in [0.15, 0.2) is 24.3 Å². The fourth-order valence-corrected chi connectivity index (χ4v) is 2.07. The summed E-state index contributed by atoms with van der Waals surface area (Å²) in [6.07, 6.45) is 2.94. The standard InChI is InChI=1S/C12H17NO2S/c1-3-10(8-16-2)13-12(15)9-4-6-11(14)7-5-9/h4-7,10,14H,3,8H2,1-2H3,(H,13,15). The third kappa shape index (κ3) is 3.77. The van der Waals surface area contributed by atoms with E-state index in [-0.39, 0.29) is 17.7 Å². The van der Waals surface area contributed by atoms with Crippen LogP contribution in [0.25, 0.3) is 0 Å². The maximum atomic E-state index is 11.8. The van der Waals surface area contributed by atoms with Crippen molar-refractivity contribution in [2.75, 3.05) is 12.0 Å². The van der Waals surface area contributed by atoms with Gasteiger partial charge in [0.2, 0.25) is 0 Å². The highest BCUT2D eigenvalue weighted by molar-refractivity contribution is 7.98. The molecule has 3 nitrogen and oxygen atoms in total. The van der Waals surface area contributed by atoms with Gasteiger partial charge in [-0.05, 0) is 36.9 Å². The lowest BCUT2D eigenvalue weighted by Crippen LogP contribution is -2.36.